The molecular formula is C12H16N4OS. The topological polar surface area (TPSA) is 52.8 Å². The van der Waals surface area contributed by atoms with Gasteiger partial charge in [0, 0.05) is 5.75 Å². The van der Waals surface area contributed by atoms with Gasteiger partial charge in [-0.2, -0.15) is 4.68 Å². The van der Waals surface area contributed by atoms with Gasteiger partial charge in [-0.25, -0.2) is 0 Å². The summed E-state index contributed by atoms with van der Waals surface area (Å²) in [5, 5.41) is 12.6. The molecule has 0 atom stereocenters. The fraction of sp³-hybridized carbons (Fsp3) is 0.417. The lowest BCUT2D eigenvalue weighted by molar-refractivity contribution is 0.337. The molecule has 5 nitrogen and oxygen atoms in total. The predicted octanol–water partition coefficient (Wildman–Crippen LogP) is 2.56. The summed E-state index contributed by atoms with van der Waals surface area (Å²) >= 11 is 1.65. The minimum Gasteiger partial charge on any atom is -0.492 e. The summed E-state index contributed by atoms with van der Waals surface area (Å²) in [6.07, 6.45) is 1.09. The van der Waals surface area contributed by atoms with Gasteiger partial charge in [-0.05, 0) is 35.9 Å². The first-order chi connectivity index (χ1) is 8.86. The van der Waals surface area contributed by atoms with E-state index in [9.17, 15) is 0 Å². The second-order valence-electron chi connectivity index (χ2n) is 3.62. The van der Waals surface area contributed by atoms with Crippen LogP contribution in [-0.2, 0) is 0 Å². The number of tetrazole rings is 1. The largest absolute Gasteiger partial charge is 0.492 e. The normalized spacial score (nSPS) is 10.6. The number of hydrogen-bond donors (Lipinski definition) is 0. The molecule has 0 unspecified atom stereocenters. The van der Waals surface area contributed by atoms with Crippen LogP contribution in [0.3, 0.4) is 0 Å². The van der Waals surface area contributed by atoms with Crippen molar-refractivity contribution in [2.75, 3.05) is 12.4 Å². The van der Waals surface area contributed by atoms with Gasteiger partial charge in [0.25, 0.3) is 0 Å². The maximum Gasteiger partial charge on any atom is 0.214 e. The van der Waals surface area contributed by atoms with E-state index in [1.165, 1.54) is 0 Å². The van der Waals surface area contributed by atoms with Crippen LogP contribution < -0.4 is 4.74 Å². The van der Waals surface area contributed by atoms with Gasteiger partial charge in [-0.1, -0.05) is 30.8 Å². The van der Waals surface area contributed by atoms with Gasteiger partial charge in [0.15, 0.2) is 0 Å². The van der Waals surface area contributed by atoms with Crippen LogP contribution in [-0.4, -0.2) is 32.6 Å². The standard InChI is InChI=1S/C12H16N4OS/c1-3-9-18-12-13-14-15-16(12)10-7-5-6-8-11(10)17-4-2/h5-8H,3-4,9H2,1-2H3. The number of hydrogen-bond acceptors (Lipinski definition) is 5. The summed E-state index contributed by atoms with van der Waals surface area (Å²) in [6.45, 7) is 4.72. The maximum absolute atomic E-state index is 5.59. The van der Waals surface area contributed by atoms with Crippen LogP contribution >= 0.6 is 11.8 Å². The molecule has 0 aliphatic heterocycles. The summed E-state index contributed by atoms with van der Waals surface area (Å²) in [4.78, 5) is 0. The second-order valence-corrected chi connectivity index (χ2v) is 4.68. The molecule has 0 spiro atoms. The van der Waals surface area contributed by atoms with E-state index >= 15 is 0 Å². The molecule has 0 amide bonds. The van der Waals surface area contributed by atoms with Gasteiger partial charge in [0.05, 0.1) is 6.61 Å². The number of ether oxygens (including phenoxy) is 1. The lowest BCUT2D eigenvalue weighted by atomic mass is 10.3. The maximum atomic E-state index is 5.59. The smallest absolute Gasteiger partial charge is 0.214 e. The molecule has 0 aliphatic rings. The number of para-hydroxylation sites is 2. The Morgan fingerprint density at radius 3 is 2.89 bits per heavy atom. The highest BCUT2D eigenvalue weighted by molar-refractivity contribution is 7.99. The van der Waals surface area contributed by atoms with Crippen molar-refractivity contribution in [3.05, 3.63) is 24.3 Å². The van der Waals surface area contributed by atoms with E-state index in [4.69, 9.17) is 4.74 Å². The third-order valence-corrected chi connectivity index (χ3v) is 3.39. The van der Waals surface area contributed by atoms with Crippen molar-refractivity contribution in [1.29, 1.82) is 0 Å². The summed E-state index contributed by atoms with van der Waals surface area (Å²) in [6, 6.07) is 7.78. The van der Waals surface area contributed by atoms with Gasteiger partial charge in [0.2, 0.25) is 5.16 Å². The van der Waals surface area contributed by atoms with E-state index in [1.54, 1.807) is 16.4 Å². The fourth-order valence-corrected chi connectivity index (χ4v) is 2.26. The van der Waals surface area contributed by atoms with E-state index in [1.807, 2.05) is 31.2 Å². The molecule has 0 radical (unpaired) electrons. The Morgan fingerprint density at radius 1 is 1.28 bits per heavy atom. The average Bonchev–Trinajstić information content (AvgIpc) is 2.85. The van der Waals surface area contributed by atoms with E-state index < -0.39 is 0 Å². The van der Waals surface area contributed by atoms with E-state index in [-0.39, 0.29) is 0 Å². The van der Waals surface area contributed by atoms with Crippen molar-refractivity contribution in [2.24, 2.45) is 0 Å². The number of rotatable bonds is 6. The minimum absolute atomic E-state index is 0.622. The molecule has 0 N–H and O–H groups in total. The Hall–Kier alpha value is -1.56. The first kappa shape index (κ1) is 12.9. The highest BCUT2D eigenvalue weighted by Gasteiger charge is 2.12. The fourth-order valence-electron chi connectivity index (χ4n) is 1.52. The monoisotopic (exact) mass is 264 g/mol. The van der Waals surface area contributed by atoms with Crippen molar-refractivity contribution < 1.29 is 4.74 Å². The molecule has 6 heteroatoms. The average molecular weight is 264 g/mol. The zero-order valence-electron chi connectivity index (χ0n) is 10.5. The summed E-state index contributed by atoms with van der Waals surface area (Å²) in [5.74, 6) is 1.79. The van der Waals surface area contributed by atoms with Crippen LogP contribution in [0.25, 0.3) is 5.69 Å². The third-order valence-electron chi connectivity index (χ3n) is 2.27. The Labute approximate surface area is 111 Å². The van der Waals surface area contributed by atoms with Crippen molar-refractivity contribution in [3.63, 3.8) is 0 Å². The van der Waals surface area contributed by atoms with Crippen LogP contribution in [0.5, 0.6) is 5.75 Å². The first-order valence-electron chi connectivity index (χ1n) is 6.00. The van der Waals surface area contributed by atoms with E-state index in [0.717, 1.165) is 28.8 Å². The zero-order valence-corrected chi connectivity index (χ0v) is 11.4. The van der Waals surface area contributed by atoms with Gasteiger partial charge in [-0.3, -0.25) is 0 Å². The lowest BCUT2D eigenvalue weighted by Crippen LogP contribution is -2.03. The van der Waals surface area contributed by atoms with Gasteiger partial charge >= 0.3 is 0 Å². The Balaban J connectivity index is 2.33. The van der Waals surface area contributed by atoms with Crippen molar-refractivity contribution >= 4 is 11.8 Å². The summed E-state index contributed by atoms with van der Waals surface area (Å²) in [7, 11) is 0. The van der Waals surface area contributed by atoms with E-state index in [0.29, 0.717) is 6.61 Å². The predicted molar refractivity (Wildman–Crippen MR) is 71.3 cm³/mol. The number of thioether (sulfide) groups is 1. The molecule has 0 saturated carbocycles. The number of nitrogens with zero attached hydrogens (tertiary/aromatic N) is 4. The molecular weight excluding hydrogens is 248 g/mol. The third kappa shape index (κ3) is 2.81. The van der Waals surface area contributed by atoms with Crippen LogP contribution in [0.4, 0.5) is 0 Å². The second kappa shape index (κ2) is 6.39. The highest BCUT2D eigenvalue weighted by Crippen LogP contribution is 2.25. The first-order valence-corrected chi connectivity index (χ1v) is 6.98. The molecule has 0 fully saturated rings. The Bertz CT molecular complexity index is 500. The van der Waals surface area contributed by atoms with E-state index in [2.05, 4.69) is 22.4 Å². The van der Waals surface area contributed by atoms with Gasteiger partial charge in [-0.15, -0.1) is 5.10 Å². The number of aromatic nitrogens is 4. The quantitative estimate of drug-likeness (QED) is 0.750. The molecule has 0 saturated heterocycles. The van der Waals surface area contributed by atoms with Gasteiger partial charge < -0.3 is 4.74 Å². The molecule has 0 aliphatic carbocycles. The van der Waals surface area contributed by atoms with Gasteiger partial charge in [0.1, 0.15) is 11.4 Å². The van der Waals surface area contributed by atoms with Crippen LogP contribution in [0.1, 0.15) is 20.3 Å². The Morgan fingerprint density at radius 2 is 2.11 bits per heavy atom. The molecule has 18 heavy (non-hydrogen) atoms. The molecule has 1 aromatic heterocycles. The van der Waals surface area contributed by atoms with Crippen LogP contribution in [0.2, 0.25) is 0 Å². The summed E-state index contributed by atoms with van der Waals surface area (Å²) in [5.41, 5.74) is 0.878. The Kier molecular flexibility index (Phi) is 4.58. The minimum atomic E-state index is 0.622. The van der Waals surface area contributed by atoms with Crippen LogP contribution in [0.15, 0.2) is 29.4 Å². The SMILES string of the molecule is CCCSc1nnnn1-c1ccccc1OCC. The molecule has 1 aromatic carbocycles. The molecule has 1 heterocycles. The van der Waals surface area contributed by atoms with Crippen molar-refractivity contribution in [2.45, 2.75) is 25.4 Å². The lowest BCUT2D eigenvalue weighted by Gasteiger charge is -2.10. The highest BCUT2D eigenvalue weighted by atomic mass is 32.2. The zero-order chi connectivity index (χ0) is 12.8. The van der Waals surface area contributed by atoms with Crippen molar-refractivity contribution in [1.82, 2.24) is 20.2 Å². The molecule has 2 rings (SSSR count). The van der Waals surface area contributed by atoms with Crippen LogP contribution in [0, 0.1) is 0 Å². The summed E-state index contributed by atoms with van der Waals surface area (Å²) < 4.78 is 7.32. The number of benzene rings is 1. The molecule has 96 valence electrons. The molecule has 0 bridgehead atoms. The molecule has 2 aromatic rings. The van der Waals surface area contributed by atoms with Crippen molar-refractivity contribution in [3.8, 4) is 11.4 Å².